The summed E-state index contributed by atoms with van der Waals surface area (Å²) in [7, 11) is 1.40. The number of hydrogen-bond acceptors (Lipinski definition) is 6. The van der Waals surface area contributed by atoms with E-state index in [4.69, 9.17) is 13.8 Å². The molecule has 0 saturated carbocycles. The highest BCUT2D eigenvalue weighted by Gasteiger charge is 2.47. The molecule has 7 nitrogen and oxygen atoms in total. The van der Waals surface area contributed by atoms with E-state index in [9.17, 15) is 14.3 Å². The summed E-state index contributed by atoms with van der Waals surface area (Å²) in [6.45, 7) is 14.3. The van der Waals surface area contributed by atoms with Crippen molar-refractivity contribution in [2.75, 3.05) is 47.5 Å². The second-order valence-corrected chi connectivity index (χ2v) is 12.0. The minimum absolute atomic E-state index is 0.0394. The van der Waals surface area contributed by atoms with Crippen molar-refractivity contribution in [1.29, 1.82) is 0 Å². The number of quaternary nitrogens is 1. The van der Waals surface area contributed by atoms with Crippen molar-refractivity contribution in [3.63, 3.8) is 0 Å². The summed E-state index contributed by atoms with van der Waals surface area (Å²) in [4.78, 5) is 24.5. The predicted molar refractivity (Wildman–Crippen MR) is 105 cm³/mol. The first-order valence-corrected chi connectivity index (χ1v) is 10.8. The lowest BCUT2D eigenvalue weighted by Gasteiger charge is -2.43. The highest BCUT2D eigenvalue weighted by molar-refractivity contribution is 7.45. The van der Waals surface area contributed by atoms with Gasteiger partial charge in [0, 0.05) is 0 Å². The van der Waals surface area contributed by atoms with Crippen LogP contribution in [-0.2, 0) is 23.1 Å². The largest absolute Gasteiger partial charge is 0.756 e. The molecule has 27 heavy (non-hydrogen) atoms. The van der Waals surface area contributed by atoms with Crippen molar-refractivity contribution in [2.45, 2.75) is 54.9 Å². The Balaban J connectivity index is 4.61. The predicted octanol–water partition coefficient (Wildman–Crippen LogP) is 3.23. The van der Waals surface area contributed by atoms with Crippen molar-refractivity contribution in [2.24, 2.45) is 16.2 Å². The molecule has 0 heterocycles. The van der Waals surface area contributed by atoms with E-state index < -0.39 is 13.2 Å². The van der Waals surface area contributed by atoms with Gasteiger partial charge in [-0.2, -0.15) is 0 Å². The minimum Gasteiger partial charge on any atom is -0.756 e. The molecule has 0 aromatic rings. The van der Waals surface area contributed by atoms with Gasteiger partial charge in [-0.1, -0.05) is 41.5 Å². The van der Waals surface area contributed by atoms with Gasteiger partial charge in [0.1, 0.15) is 19.8 Å². The molecule has 0 aliphatic rings. The molecule has 0 spiro atoms. The molecule has 2 unspecified atom stereocenters. The fourth-order valence-corrected chi connectivity index (χ4v) is 3.29. The van der Waals surface area contributed by atoms with E-state index in [1.165, 1.54) is 0 Å². The fraction of sp³-hybridized carbons (Fsp3) is 0.947. The van der Waals surface area contributed by atoms with Crippen LogP contribution in [0.3, 0.4) is 0 Å². The Morgan fingerprint density at radius 1 is 0.926 bits per heavy atom. The van der Waals surface area contributed by atoms with Crippen molar-refractivity contribution in [3.8, 4) is 0 Å². The minimum atomic E-state index is -4.40. The van der Waals surface area contributed by atoms with Crippen LogP contribution in [0.15, 0.2) is 0 Å². The summed E-state index contributed by atoms with van der Waals surface area (Å²) in [6.07, 6.45) is 0.650. The Bertz CT molecular complexity index is 530. The van der Waals surface area contributed by atoms with Gasteiger partial charge in [-0.15, -0.1) is 0 Å². The molecule has 0 aliphatic carbocycles. The van der Waals surface area contributed by atoms with Crippen LogP contribution in [0.4, 0.5) is 0 Å². The molecule has 2 atom stereocenters. The van der Waals surface area contributed by atoms with E-state index in [1.54, 1.807) is 0 Å². The first-order valence-electron chi connectivity index (χ1n) is 9.37. The van der Waals surface area contributed by atoms with Crippen LogP contribution >= 0.6 is 7.82 Å². The zero-order valence-electron chi connectivity index (χ0n) is 18.9. The highest BCUT2D eigenvalue weighted by Crippen LogP contribution is 2.47. The normalized spacial score (nSPS) is 17.9. The van der Waals surface area contributed by atoms with Crippen molar-refractivity contribution < 1.29 is 32.5 Å². The van der Waals surface area contributed by atoms with Gasteiger partial charge < -0.3 is 23.2 Å². The van der Waals surface area contributed by atoms with Gasteiger partial charge in [0.25, 0.3) is 7.82 Å². The molecular formula is C19H40NO6P. The van der Waals surface area contributed by atoms with Crippen molar-refractivity contribution in [3.05, 3.63) is 0 Å². The average Bonchev–Trinajstić information content (AvgIpc) is 2.38. The maximum atomic E-state index is 12.7. The number of ether oxygens (including phenoxy) is 1. The summed E-state index contributed by atoms with van der Waals surface area (Å²) in [5, 5.41) is 0. The molecule has 0 N–H and O–H groups in total. The maximum Gasteiger partial charge on any atom is 0.312 e. The van der Waals surface area contributed by atoms with Gasteiger partial charge >= 0.3 is 5.97 Å². The lowest BCUT2D eigenvalue weighted by atomic mass is 9.61. The Hall–Kier alpha value is -0.460. The lowest BCUT2D eigenvalue weighted by molar-refractivity contribution is -0.870. The first kappa shape index (κ1) is 26.5. The Labute approximate surface area is 165 Å². The number of likely N-dealkylation sites (N-methyl/N-ethyl adjacent to an activating group) is 1. The number of rotatable bonds is 10. The highest BCUT2D eigenvalue weighted by atomic mass is 31.2. The van der Waals surface area contributed by atoms with Gasteiger partial charge in [0.15, 0.2) is 0 Å². The average molecular weight is 410 g/mol. The van der Waals surface area contributed by atoms with Crippen LogP contribution in [0.25, 0.3) is 0 Å². The first-order chi connectivity index (χ1) is 11.8. The van der Waals surface area contributed by atoms with Crippen LogP contribution in [0, 0.1) is 16.2 Å². The van der Waals surface area contributed by atoms with Gasteiger partial charge in [0.05, 0.1) is 33.2 Å². The van der Waals surface area contributed by atoms with E-state index >= 15 is 0 Å². The number of nitrogens with zero attached hydrogens (tertiary/aromatic N) is 1. The summed E-state index contributed by atoms with van der Waals surface area (Å²) in [6, 6.07) is 0. The zero-order chi connectivity index (χ0) is 21.7. The van der Waals surface area contributed by atoms with Gasteiger partial charge in [-0.3, -0.25) is 9.36 Å². The second kappa shape index (κ2) is 9.36. The molecule has 8 heteroatoms. The molecule has 0 fully saturated rings. The molecule has 0 amide bonds. The molecule has 0 bridgehead atoms. The van der Waals surface area contributed by atoms with Crippen LogP contribution in [0.2, 0.25) is 0 Å². The van der Waals surface area contributed by atoms with Crippen molar-refractivity contribution >= 4 is 13.8 Å². The Morgan fingerprint density at radius 3 is 1.81 bits per heavy atom. The summed E-state index contributed by atoms with van der Waals surface area (Å²) < 4.78 is 27.3. The van der Waals surface area contributed by atoms with Gasteiger partial charge in [-0.25, -0.2) is 0 Å². The molecule has 0 rings (SSSR count). The van der Waals surface area contributed by atoms with Crippen LogP contribution in [-0.4, -0.2) is 58.0 Å². The topological polar surface area (TPSA) is 84.9 Å². The molecule has 0 aliphatic heterocycles. The van der Waals surface area contributed by atoms with E-state index in [1.807, 2.05) is 48.8 Å². The van der Waals surface area contributed by atoms with Gasteiger partial charge in [-0.05, 0) is 24.2 Å². The fourth-order valence-electron chi connectivity index (χ4n) is 2.61. The van der Waals surface area contributed by atoms with Crippen LogP contribution in [0.1, 0.15) is 54.9 Å². The standard InChI is InChI=1S/C19H40NO6P/c1-17(2,3)15-19(7,18(4,5)6)16(21)24-13-14-26-27(22,23)25-12-11-20(8,9)10/h11-15H2,1-10H3. The zero-order valence-corrected chi connectivity index (χ0v) is 19.8. The van der Waals surface area contributed by atoms with E-state index in [0.29, 0.717) is 17.4 Å². The summed E-state index contributed by atoms with van der Waals surface area (Å²) in [5.74, 6) is -0.347. The number of esters is 1. The molecule has 0 radical (unpaired) electrons. The van der Waals surface area contributed by atoms with E-state index in [-0.39, 0.29) is 36.6 Å². The third-order valence-electron chi connectivity index (χ3n) is 4.57. The third-order valence-corrected chi connectivity index (χ3v) is 5.56. The lowest BCUT2D eigenvalue weighted by Crippen LogP contribution is -2.44. The van der Waals surface area contributed by atoms with E-state index in [0.717, 1.165) is 0 Å². The number of carbonyl (C=O) groups excluding carboxylic acids is 1. The van der Waals surface area contributed by atoms with Crippen LogP contribution in [0.5, 0.6) is 0 Å². The summed E-state index contributed by atoms with van der Waals surface area (Å²) in [5.41, 5.74) is -1.06. The molecule has 0 aromatic carbocycles. The number of phosphoric acid groups is 1. The van der Waals surface area contributed by atoms with E-state index in [2.05, 4.69) is 20.8 Å². The maximum absolute atomic E-state index is 12.7. The van der Waals surface area contributed by atoms with Crippen molar-refractivity contribution in [1.82, 2.24) is 0 Å². The monoisotopic (exact) mass is 409 g/mol. The third kappa shape index (κ3) is 10.6. The smallest absolute Gasteiger partial charge is 0.312 e. The second-order valence-electron chi connectivity index (χ2n) is 10.6. The number of carbonyl (C=O) groups is 1. The van der Waals surface area contributed by atoms with Gasteiger partial charge in [0.2, 0.25) is 0 Å². The molecule has 0 aromatic heterocycles. The summed E-state index contributed by atoms with van der Waals surface area (Å²) >= 11 is 0. The molecule has 162 valence electrons. The Kier molecular flexibility index (Phi) is 9.20. The number of hydrogen-bond donors (Lipinski definition) is 0. The quantitative estimate of drug-likeness (QED) is 0.238. The number of phosphoric ester groups is 1. The molecular weight excluding hydrogens is 369 g/mol. The SMILES string of the molecule is CC(C)(C)CC(C)(C(=O)OCCOP(=O)([O-])OCC[N+](C)(C)C)C(C)(C)C. The Morgan fingerprint density at radius 2 is 1.41 bits per heavy atom. The van der Waals surface area contributed by atoms with Crippen LogP contribution < -0.4 is 4.89 Å². The molecule has 0 saturated heterocycles.